The van der Waals surface area contributed by atoms with Crippen molar-refractivity contribution >= 4 is 11.3 Å². The quantitative estimate of drug-likeness (QED) is 0.832. The maximum Gasteiger partial charge on any atom is 0.107 e. The number of nitrogens with zero attached hydrogens (tertiary/aromatic N) is 2. The number of hydrogen-bond donors (Lipinski definition) is 2. The average Bonchev–Trinajstić information content (AvgIpc) is 2.84. The molecular weight excluding hydrogens is 208 g/mol. The number of aromatic nitrogens is 3. The molecule has 0 aliphatic heterocycles. The zero-order valence-corrected chi connectivity index (χ0v) is 9.64. The van der Waals surface area contributed by atoms with Crippen LogP contribution in [-0.4, -0.2) is 15.2 Å². The Morgan fingerprint density at radius 2 is 2.47 bits per heavy atom. The van der Waals surface area contributed by atoms with E-state index in [1.165, 1.54) is 0 Å². The van der Waals surface area contributed by atoms with Crippen molar-refractivity contribution in [1.82, 2.24) is 20.5 Å². The van der Waals surface area contributed by atoms with Crippen LogP contribution in [0.5, 0.6) is 0 Å². The van der Waals surface area contributed by atoms with Crippen LogP contribution >= 0.6 is 11.3 Å². The molecule has 0 amide bonds. The minimum Gasteiger partial charge on any atom is -0.302 e. The molecule has 5 heteroatoms. The maximum absolute atomic E-state index is 4.39. The average molecular weight is 222 g/mol. The van der Waals surface area contributed by atoms with Gasteiger partial charge in [-0.1, -0.05) is 0 Å². The predicted octanol–water partition coefficient (Wildman–Crippen LogP) is 2.03. The molecule has 15 heavy (non-hydrogen) atoms. The number of hydrogen-bond acceptors (Lipinski definition) is 4. The molecule has 0 aromatic carbocycles. The summed E-state index contributed by atoms with van der Waals surface area (Å²) < 4.78 is 0. The highest BCUT2D eigenvalue weighted by atomic mass is 32.1. The van der Waals surface area contributed by atoms with Gasteiger partial charge in [-0.05, 0) is 19.9 Å². The third-order valence-electron chi connectivity index (χ3n) is 2.21. The van der Waals surface area contributed by atoms with Crippen LogP contribution in [0.25, 0.3) is 0 Å². The molecule has 2 aromatic heterocycles. The topological polar surface area (TPSA) is 53.6 Å². The Balaban J connectivity index is 1.88. The first-order valence-corrected chi connectivity index (χ1v) is 5.77. The second-order valence-electron chi connectivity index (χ2n) is 3.50. The van der Waals surface area contributed by atoms with Crippen LogP contribution in [0.4, 0.5) is 0 Å². The highest BCUT2D eigenvalue weighted by molar-refractivity contribution is 7.09. The monoisotopic (exact) mass is 222 g/mol. The van der Waals surface area contributed by atoms with Gasteiger partial charge in [0.1, 0.15) is 5.01 Å². The smallest absolute Gasteiger partial charge is 0.107 e. The van der Waals surface area contributed by atoms with E-state index in [0.29, 0.717) is 0 Å². The number of rotatable bonds is 4. The zero-order chi connectivity index (χ0) is 10.7. The molecule has 0 fully saturated rings. The Labute approximate surface area is 92.8 Å². The van der Waals surface area contributed by atoms with E-state index < -0.39 is 0 Å². The lowest BCUT2D eigenvalue weighted by Crippen LogP contribution is -2.18. The van der Waals surface area contributed by atoms with Crippen molar-refractivity contribution in [3.8, 4) is 0 Å². The standard InChI is InChI=1S/C10H14N4S/c1-7-6-15-10(13-7)5-11-8(2)9-3-4-12-14-9/h3-4,6,8,11H,5H2,1-2H3,(H,12,14). The molecular formula is C10H14N4S. The molecule has 1 unspecified atom stereocenters. The molecule has 0 bridgehead atoms. The van der Waals surface area contributed by atoms with E-state index in [-0.39, 0.29) is 6.04 Å². The summed E-state index contributed by atoms with van der Waals surface area (Å²) in [5.41, 5.74) is 2.19. The van der Waals surface area contributed by atoms with E-state index in [9.17, 15) is 0 Å². The largest absolute Gasteiger partial charge is 0.302 e. The third-order valence-corrected chi connectivity index (χ3v) is 3.18. The van der Waals surface area contributed by atoms with Crippen LogP contribution in [0.15, 0.2) is 17.6 Å². The van der Waals surface area contributed by atoms with Crippen LogP contribution in [0.1, 0.15) is 29.4 Å². The summed E-state index contributed by atoms with van der Waals surface area (Å²) in [6.45, 7) is 4.92. The van der Waals surface area contributed by atoms with Crippen LogP contribution in [0, 0.1) is 6.92 Å². The van der Waals surface area contributed by atoms with Gasteiger partial charge in [-0.15, -0.1) is 11.3 Å². The van der Waals surface area contributed by atoms with Gasteiger partial charge in [0.15, 0.2) is 0 Å². The molecule has 0 saturated carbocycles. The Morgan fingerprint density at radius 3 is 3.07 bits per heavy atom. The van der Waals surface area contributed by atoms with Crippen molar-refractivity contribution in [2.45, 2.75) is 26.4 Å². The van der Waals surface area contributed by atoms with E-state index >= 15 is 0 Å². The summed E-state index contributed by atoms with van der Waals surface area (Å²) >= 11 is 1.69. The van der Waals surface area contributed by atoms with Gasteiger partial charge in [-0.3, -0.25) is 5.10 Å². The number of nitrogens with one attached hydrogen (secondary N) is 2. The minimum absolute atomic E-state index is 0.275. The number of thiazole rings is 1. The molecule has 2 rings (SSSR count). The van der Waals surface area contributed by atoms with Gasteiger partial charge in [0.25, 0.3) is 0 Å². The van der Waals surface area contributed by atoms with Crippen molar-refractivity contribution in [3.05, 3.63) is 34.0 Å². The first kappa shape index (κ1) is 10.3. The van der Waals surface area contributed by atoms with Crippen molar-refractivity contribution in [2.75, 3.05) is 0 Å². The fraction of sp³-hybridized carbons (Fsp3) is 0.400. The normalized spacial score (nSPS) is 12.9. The second kappa shape index (κ2) is 4.55. The summed E-state index contributed by atoms with van der Waals surface area (Å²) in [5.74, 6) is 0. The van der Waals surface area contributed by atoms with Crippen molar-refractivity contribution in [2.24, 2.45) is 0 Å². The van der Waals surface area contributed by atoms with Gasteiger partial charge in [0, 0.05) is 29.9 Å². The lowest BCUT2D eigenvalue weighted by atomic mass is 10.2. The van der Waals surface area contributed by atoms with Crippen molar-refractivity contribution < 1.29 is 0 Å². The van der Waals surface area contributed by atoms with E-state index in [1.807, 2.05) is 13.0 Å². The minimum atomic E-state index is 0.275. The molecule has 1 atom stereocenters. The van der Waals surface area contributed by atoms with E-state index in [4.69, 9.17) is 0 Å². The van der Waals surface area contributed by atoms with E-state index in [0.717, 1.165) is 22.9 Å². The van der Waals surface area contributed by atoms with Gasteiger partial charge < -0.3 is 5.32 Å². The molecule has 2 N–H and O–H groups in total. The third kappa shape index (κ3) is 2.64. The molecule has 0 spiro atoms. The Kier molecular flexibility index (Phi) is 3.13. The fourth-order valence-corrected chi connectivity index (χ4v) is 2.06. The highest BCUT2D eigenvalue weighted by Gasteiger charge is 2.06. The highest BCUT2D eigenvalue weighted by Crippen LogP contribution is 2.12. The van der Waals surface area contributed by atoms with Gasteiger partial charge in [0.2, 0.25) is 0 Å². The summed E-state index contributed by atoms with van der Waals surface area (Å²) in [5, 5.41) is 13.5. The first-order chi connectivity index (χ1) is 7.25. The molecule has 0 aliphatic rings. The summed E-state index contributed by atoms with van der Waals surface area (Å²) in [6, 6.07) is 2.25. The fourth-order valence-electron chi connectivity index (χ4n) is 1.34. The zero-order valence-electron chi connectivity index (χ0n) is 8.82. The van der Waals surface area contributed by atoms with Crippen LogP contribution in [0.2, 0.25) is 0 Å². The summed E-state index contributed by atoms with van der Waals surface area (Å²) in [7, 11) is 0. The van der Waals surface area contributed by atoms with Gasteiger partial charge >= 0.3 is 0 Å². The molecule has 0 aliphatic carbocycles. The van der Waals surface area contributed by atoms with Crippen LogP contribution < -0.4 is 5.32 Å². The second-order valence-corrected chi connectivity index (χ2v) is 4.44. The lowest BCUT2D eigenvalue weighted by Gasteiger charge is -2.09. The SMILES string of the molecule is Cc1csc(CNC(C)c2ccn[nH]2)n1. The summed E-state index contributed by atoms with van der Waals surface area (Å²) in [4.78, 5) is 4.39. The number of aryl methyl sites for hydroxylation is 1. The number of aromatic amines is 1. The van der Waals surface area contributed by atoms with Crippen LogP contribution in [-0.2, 0) is 6.54 Å². The number of H-pyrrole nitrogens is 1. The Hall–Kier alpha value is -1.20. The van der Waals surface area contributed by atoms with Gasteiger partial charge in [-0.25, -0.2) is 4.98 Å². The molecule has 0 radical (unpaired) electrons. The van der Waals surface area contributed by atoms with Gasteiger partial charge in [-0.2, -0.15) is 5.10 Å². The lowest BCUT2D eigenvalue weighted by molar-refractivity contribution is 0.558. The first-order valence-electron chi connectivity index (χ1n) is 4.89. The molecule has 2 aromatic rings. The van der Waals surface area contributed by atoms with Crippen molar-refractivity contribution in [3.63, 3.8) is 0 Å². The Morgan fingerprint density at radius 1 is 1.60 bits per heavy atom. The van der Waals surface area contributed by atoms with E-state index in [2.05, 4.69) is 32.8 Å². The molecule has 0 saturated heterocycles. The van der Waals surface area contributed by atoms with Crippen LogP contribution in [0.3, 0.4) is 0 Å². The van der Waals surface area contributed by atoms with E-state index in [1.54, 1.807) is 17.5 Å². The summed E-state index contributed by atoms with van der Waals surface area (Å²) in [6.07, 6.45) is 1.76. The Bertz CT molecular complexity index is 407. The predicted molar refractivity (Wildman–Crippen MR) is 60.7 cm³/mol. The maximum atomic E-state index is 4.39. The molecule has 4 nitrogen and oxygen atoms in total. The van der Waals surface area contributed by atoms with Crippen molar-refractivity contribution in [1.29, 1.82) is 0 Å². The molecule has 2 heterocycles. The van der Waals surface area contributed by atoms with Gasteiger partial charge in [0.05, 0.1) is 5.69 Å². The molecule has 80 valence electrons.